The summed E-state index contributed by atoms with van der Waals surface area (Å²) in [4.78, 5) is 53.2. The zero-order chi connectivity index (χ0) is 27.9. The minimum Gasteiger partial charge on any atom is -0.480 e. The summed E-state index contributed by atoms with van der Waals surface area (Å²) in [7, 11) is 0. The number of nitrogens with two attached hydrogens (primary N) is 1. The average molecular weight is 520 g/mol. The van der Waals surface area contributed by atoms with Gasteiger partial charge in [-0.25, -0.2) is 4.79 Å². The standard InChI is InChI=1S/C25H37N5O7/c1-5-12(2)19(26)22(33)29-21(14(4)32)24(35)30-20(13(3)31)23(34)28-18(25(36)37)10-15-11-27-17-9-7-6-8-16(15)17/h6-9,11-14,18-21,27,31-32H,5,10,26H2,1-4H3,(H,28,34)(H,29,33)(H,30,35)(H,36,37). The van der Waals surface area contributed by atoms with Gasteiger partial charge in [-0.15, -0.1) is 0 Å². The fraction of sp³-hybridized carbons (Fsp3) is 0.520. The van der Waals surface area contributed by atoms with Gasteiger partial charge in [0.2, 0.25) is 17.7 Å². The number of aliphatic carboxylic acids is 1. The number of carbonyl (C=O) groups is 4. The molecule has 0 spiro atoms. The number of hydrogen-bond acceptors (Lipinski definition) is 7. The van der Waals surface area contributed by atoms with Crippen LogP contribution in [0.3, 0.4) is 0 Å². The van der Waals surface area contributed by atoms with Crippen molar-refractivity contribution in [3.8, 4) is 0 Å². The van der Waals surface area contributed by atoms with Gasteiger partial charge in [0.15, 0.2) is 0 Å². The molecule has 0 fully saturated rings. The number of carboxylic acids is 1. The maximum atomic E-state index is 13.0. The number of carbonyl (C=O) groups excluding carboxylic acids is 3. The van der Waals surface area contributed by atoms with Crippen molar-refractivity contribution in [1.82, 2.24) is 20.9 Å². The smallest absolute Gasteiger partial charge is 0.326 e. The van der Waals surface area contributed by atoms with Gasteiger partial charge in [0.05, 0.1) is 18.2 Å². The topological polar surface area (TPSA) is 207 Å². The predicted octanol–water partition coefficient (Wildman–Crippen LogP) is -0.616. The van der Waals surface area contributed by atoms with Crippen molar-refractivity contribution in [2.75, 3.05) is 0 Å². The maximum absolute atomic E-state index is 13.0. The Morgan fingerprint density at radius 2 is 1.46 bits per heavy atom. The number of fused-ring (bicyclic) bond motifs is 1. The molecule has 0 bridgehead atoms. The lowest BCUT2D eigenvalue weighted by molar-refractivity contribution is -0.143. The summed E-state index contributed by atoms with van der Waals surface area (Å²) >= 11 is 0. The molecule has 1 heterocycles. The second-order valence-electron chi connectivity index (χ2n) is 9.33. The largest absolute Gasteiger partial charge is 0.480 e. The van der Waals surface area contributed by atoms with Crippen molar-refractivity contribution < 1.29 is 34.5 Å². The van der Waals surface area contributed by atoms with Gasteiger partial charge in [-0.05, 0) is 31.4 Å². The molecule has 37 heavy (non-hydrogen) atoms. The summed E-state index contributed by atoms with van der Waals surface area (Å²) in [5.74, 6) is -4.02. The third kappa shape index (κ3) is 7.75. The molecule has 3 amide bonds. The highest BCUT2D eigenvalue weighted by Gasteiger charge is 2.35. The van der Waals surface area contributed by atoms with Gasteiger partial charge in [-0.1, -0.05) is 38.5 Å². The molecule has 0 aliphatic rings. The van der Waals surface area contributed by atoms with E-state index in [-0.39, 0.29) is 12.3 Å². The van der Waals surface area contributed by atoms with E-state index in [1.165, 1.54) is 13.8 Å². The number of aliphatic hydroxyl groups is 2. The molecule has 0 saturated heterocycles. The molecule has 1 aromatic heterocycles. The molecule has 2 rings (SSSR count). The van der Waals surface area contributed by atoms with Crippen molar-refractivity contribution in [2.24, 2.45) is 11.7 Å². The number of amides is 3. The number of nitrogens with one attached hydrogen (secondary N) is 4. The number of rotatable bonds is 13. The molecule has 7 unspecified atom stereocenters. The summed E-state index contributed by atoms with van der Waals surface area (Å²) in [5, 5.41) is 37.8. The first-order valence-corrected chi connectivity index (χ1v) is 12.2. The summed E-state index contributed by atoms with van der Waals surface area (Å²) < 4.78 is 0. The Balaban J connectivity index is 2.14. The number of hydrogen-bond donors (Lipinski definition) is 8. The number of benzene rings is 1. The van der Waals surface area contributed by atoms with E-state index in [2.05, 4.69) is 20.9 Å². The second kappa shape index (κ2) is 13.2. The Kier molecular flexibility index (Phi) is 10.6. The van der Waals surface area contributed by atoms with E-state index in [0.717, 1.165) is 10.9 Å². The third-order valence-electron chi connectivity index (χ3n) is 6.40. The Bertz CT molecular complexity index is 1100. The molecule has 0 radical (unpaired) electrons. The van der Waals surface area contributed by atoms with Gasteiger partial charge in [-0.2, -0.15) is 0 Å². The highest BCUT2D eigenvalue weighted by atomic mass is 16.4. The number of H-pyrrole nitrogens is 1. The molecule has 12 nitrogen and oxygen atoms in total. The molecule has 0 saturated carbocycles. The van der Waals surface area contributed by atoms with Crippen LogP contribution >= 0.6 is 0 Å². The normalized spacial score (nSPS) is 17.1. The van der Waals surface area contributed by atoms with E-state index in [1.54, 1.807) is 19.2 Å². The molecular formula is C25H37N5O7. The van der Waals surface area contributed by atoms with Crippen LogP contribution < -0.4 is 21.7 Å². The van der Waals surface area contributed by atoms with Gasteiger partial charge in [0.1, 0.15) is 18.1 Å². The number of aliphatic hydroxyl groups excluding tert-OH is 2. The van der Waals surface area contributed by atoms with E-state index < -0.39 is 60.1 Å². The third-order valence-corrected chi connectivity index (χ3v) is 6.40. The molecule has 1 aromatic carbocycles. The molecule has 204 valence electrons. The number of carboxylic acid groups (broad SMARTS) is 1. The van der Waals surface area contributed by atoms with Crippen LogP contribution in [0.25, 0.3) is 10.9 Å². The van der Waals surface area contributed by atoms with Crippen LogP contribution in [-0.2, 0) is 25.6 Å². The van der Waals surface area contributed by atoms with Crippen molar-refractivity contribution in [1.29, 1.82) is 0 Å². The van der Waals surface area contributed by atoms with Crippen LogP contribution in [0.15, 0.2) is 30.5 Å². The Morgan fingerprint density at radius 1 is 0.919 bits per heavy atom. The lowest BCUT2D eigenvalue weighted by Crippen LogP contribution is -2.62. The van der Waals surface area contributed by atoms with Crippen LogP contribution in [-0.4, -0.2) is 80.4 Å². The minimum atomic E-state index is -1.56. The van der Waals surface area contributed by atoms with Gasteiger partial charge < -0.3 is 42.0 Å². The Morgan fingerprint density at radius 3 is 2.00 bits per heavy atom. The lowest BCUT2D eigenvalue weighted by atomic mass is 9.98. The molecule has 0 aliphatic carbocycles. The van der Waals surface area contributed by atoms with Crippen molar-refractivity contribution in [3.63, 3.8) is 0 Å². The van der Waals surface area contributed by atoms with Crippen molar-refractivity contribution >= 4 is 34.6 Å². The highest BCUT2D eigenvalue weighted by Crippen LogP contribution is 2.19. The minimum absolute atomic E-state index is 0.0502. The Labute approximate surface area is 215 Å². The van der Waals surface area contributed by atoms with Crippen molar-refractivity contribution in [3.05, 3.63) is 36.0 Å². The van der Waals surface area contributed by atoms with E-state index in [1.807, 2.05) is 25.1 Å². The number of para-hydroxylation sites is 1. The lowest BCUT2D eigenvalue weighted by Gasteiger charge is -2.28. The first kappa shape index (κ1) is 29.7. The van der Waals surface area contributed by atoms with Crippen LogP contribution in [0.2, 0.25) is 0 Å². The summed E-state index contributed by atoms with van der Waals surface area (Å²) in [6, 6.07) is 1.99. The zero-order valence-corrected chi connectivity index (χ0v) is 21.4. The van der Waals surface area contributed by atoms with Crippen molar-refractivity contribution in [2.45, 2.75) is 76.9 Å². The fourth-order valence-electron chi connectivity index (χ4n) is 3.80. The van der Waals surface area contributed by atoms with Crippen LogP contribution in [0.1, 0.15) is 39.7 Å². The van der Waals surface area contributed by atoms with Gasteiger partial charge in [0.25, 0.3) is 0 Å². The van der Waals surface area contributed by atoms with Crippen LogP contribution in [0, 0.1) is 5.92 Å². The molecule has 0 aliphatic heterocycles. The van der Waals surface area contributed by atoms with Gasteiger partial charge in [0, 0.05) is 23.5 Å². The van der Waals surface area contributed by atoms with E-state index in [4.69, 9.17) is 5.73 Å². The summed E-state index contributed by atoms with van der Waals surface area (Å²) in [6.07, 6.45) is -0.543. The summed E-state index contributed by atoms with van der Waals surface area (Å²) in [6.45, 7) is 6.14. The van der Waals surface area contributed by atoms with E-state index in [0.29, 0.717) is 12.0 Å². The molecule has 12 heteroatoms. The second-order valence-corrected chi connectivity index (χ2v) is 9.33. The quantitative estimate of drug-likeness (QED) is 0.171. The average Bonchev–Trinajstić information content (AvgIpc) is 3.26. The van der Waals surface area contributed by atoms with Gasteiger partial charge in [-0.3, -0.25) is 14.4 Å². The van der Waals surface area contributed by atoms with Gasteiger partial charge >= 0.3 is 5.97 Å². The Hall–Kier alpha value is -3.48. The number of aromatic amines is 1. The van der Waals surface area contributed by atoms with E-state index >= 15 is 0 Å². The first-order valence-electron chi connectivity index (χ1n) is 12.2. The maximum Gasteiger partial charge on any atom is 0.326 e. The SMILES string of the molecule is CCC(C)C(N)C(=O)NC(C(=O)NC(C(=O)NC(Cc1c[nH]c2ccccc12)C(=O)O)C(C)O)C(C)O. The fourth-order valence-corrected chi connectivity index (χ4v) is 3.80. The monoisotopic (exact) mass is 519 g/mol. The molecule has 2 aromatic rings. The van der Waals surface area contributed by atoms with E-state index in [9.17, 15) is 34.5 Å². The first-order chi connectivity index (χ1) is 17.4. The molecule has 7 atom stereocenters. The molecular weight excluding hydrogens is 482 g/mol. The highest BCUT2D eigenvalue weighted by molar-refractivity contribution is 5.95. The van der Waals surface area contributed by atoms with Crippen LogP contribution in [0.5, 0.6) is 0 Å². The summed E-state index contributed by atoms with van der Waals surface area (Å²) in [5.41, 5.74) is 7.37. The van der Waals surface area contributed by atoms with Crippen LogP contribution in [0.4, 0.5) is 0 Å². The molecule has 9 N–H and O–H groups in total. The number of aromatic nitrogens is 1. The zero-order valence-electron chi connectivity index (χ0n) is 21.4. The predicted molar refractivity (Wildman–Crippen MR) is 136 cm³/mol.